The fourth-order valence-electron chi connectivity index (χ4n) is 2.84. The third-order valence-electron chi connectivity index (χ3n) is 3.77. The molecule has 0 atom stereocenters. The molecular weight excluding hydrogens is 300 g/mol. The van der Waals surface area contributed by atoms with E-state index in [9.17, 15) is 4.79 Å². The van der Waals surface area contributed by atoms with Gasteiger partial charge in [0.05, 0.1) is 0 Å². The molecule has 112 valence electrons. The second kappa shape index (κ2) is 6.36. The van der Waals surface area contributed by atoms with E-state index in [-0.39, 0.29) is 5.43 Å². The molecule has 3 nitrogen and oxygen atoms in total. The second-order valence-corrected chi connectivity index (χ2v) is 7.49. The van der Waals surface area contributed by atoms with Crippen LogP contribution in [0.25, 0.3) is 0 Å². The normalized spacial score (nSPS) is 14.3. The average Bonchev–Trinajstić information content (AvgIpc) is 2.81. The summed E-state index contributed by atoms with van der Waals surface area (Å²) in [5.41, 5.74) is 1.44. The molecule has 5 heteroatoms. The molecule has 0 bridgehead atoms. The minimum absolute atomic E-state index is 0.106. The van der Waals surface area contributed by atoms with Crippen molar-refractivity contribution in [2.75, 3.05) is 5.75 Å². The zero-order valence-corrected chi connectivity index (χ0v) is 14.0. The van der Waals surface area contributed by atoms with E-state index in [1.54, 1.807) is 23.1 Å². The van der Waals surface area contributed by atoms with Crippen LogP contribution in [0.3, 0.4) is 0 Å². The number of thioether (sulfide) groups is 1. The minimum Gasteiger partial charge on any atom is -0.335 e. The van der Waals surface area contributed by atoms with E-state index in [0.29, 0.717) is 11.6 Å². The van der Waals surface area contributed by atoms with Crippen LogP contribution in [0.4, 0.5) is 0 Å². The van der Waals surface area contributed by atoms with Crippen LogP contribution in [0, 0.1) is 10.0 Å². The number of nitrogens with zero attached hydrogens (tertiary/aromatic N) is 2. The first-order valence-electron chi connectivity index (χ1n) is 7.55. The van der Waals surface area contributed by atoms with E-state index in [1.807, 2.05) is 6.08 Å². The van der Waals surface area contributed by atoms with E-state index in [2.05, 4.69) is 23.1 Å². The lowest BCUT2D eigenvalue weighted by molar-refractivity contribution is 0.617. The fourth-order valence-corrected chi connectivity index (χ4v) is 4.92. The summed E-state index contributed by atoms with van der Waals surface area (Å²) in [6.07, 6.45) is 7.57. The Balaban J connectivity index is 2.25. The molecule has 3 aliphatic rings. The topological polar surface area (TPSA) is 34.9 Å². The van der Waals surface area contributed by atoms with Crippen molar-refractivity contribution < 1.29 is 0 Å². The SMILES string of the molecule is C=CCn1c2c(sc3nc(SCCC)c(=O)c1=3)CCCC2. The van der Waals surface area contributed by atoms with Gasteiger partial charge in [-0.25, -0.2) is 4.98 Å². The van der Waals surface area contributed by atoms with Gasteiger partial charge in [-0.2, -0.15) is 0 Å². The molecule has 1 aliphatic carbocycles. The third kappa shape index (κ3) is 2.69. The van der Waals surface area contributed by atoms with E-state index in [4.69, 9.17) is 0 Å². The predicted octanol–water partition coefficient (Wildman–Crippen LogP) is 3.60. The summed E-state index contributed by atoms with van der Waals surface area (Å²) < 4.78 is 3.07. The van der Waals surface area contributed by atoms with Crippen LogP contribution >= 0.6 is 23.1 Å². The van der Waals surface area contributed by atoms with Gasteiger partial charge in [0.15, 0.2) is 0 Å². The number of rotatable bonds is 5. The maximum atomic E-state index is 12.7. The molecule has 0 N–H and O–H groups in total. The van der Waals surface area contributed by atoms with Crippen LogP contribution in [0.5, 0.6) is 0 Å². The Morgan fingerprint density at radius 3 is 3.00 bits per heavy atom. The van der Waals surface area contributed by atoms with Gasteiger partial charge in [0.2, 0.25) is 5.43 Å². The molecule has 0 fully saturated rings. The summed E-state index contributed by atoms with van der Waals surface area (Å²) in [6, 6.07) is 0. The van der Waals surface area contributed by atoms with E-state index in [1.165, 1.54) is 23.4 Å². The van der Waals surface area contributed by atoms with Crippen LogP contribution < -0.4 is 5.43 Å². The third-order valence-corrected chi connectivity index (χ3v) is 6.10. The Bertz CT molecular complexity index is 775. The van der Waals surface area contributed by atoms with Gasteiger partial charge in [-0.05, 0) is 37.9 Å². The smallest absolute Gasteiger partial charge is 0.237 e. The van der Waals surface area contributed by atoms with E-state index < -0.39 is 0 Å². The largest absolute Gasteiger partial charge is 0.335 e. The van der Waals surface area contributed by atoms with Gasteiger partial charge < -0.3 is 4.57 Å². The van der Waals surface area contributed by atoms with Crippen LogP contribution in [0.15, 0.2) is 22.5 Å². The van der Waals surface area contributed by atoms with E-state index >= 15 is 0 Å². The van der Waals surface area contributed by atoms with Crippen LogP contribution in [0.1, 0.15) is 36.8 Å². The fraction of sp³-hybridized carbons (Fsp3) is 0.500. The molecule has 0 amide bonds. The predicted molar refractivity (Wildman–Crippen MR) is 89.5 cm³/mol. The maximum absolute atomic E-state index is 12.7. The van der Waals surface area contributed by atoms with Gasteiger partial charge in [-0.1, -0.05) is 13.0 Å². The van der Waals surface area contributed by atoms with Crippen molar-refractivity contribution in [1.82, 2.24) is 9.55 Å². The van der Waals surface area contributed by atoms with E-state index in [0.717, 1.165) is 35.0 Å². The molecule has 0 aromatic rings. The van der Waals surface area contributed by atoms with Crippen molar-refractivity contribution in [1.29, 1.82) is 0 Å². The molecule has 0 radical (unpaired) electrons. The van der Waals surface area contributed by atoms with Crippen molar-refractivity contribution >= 4 is 23.1 Å². The lowest BCUT2D eigenvalue weighted by atomic mass is 10.0. The van der Waals surface area contributed by atoms with Crippen LogP contribution in [0.2, 0.25) is 0 Å². The zero-order valence-electron chi connectivity index (χ0n) is 12.4. The van der Waals surface area contributed by atoms with Gasteiger partial charge >= 0.3 is 0 Å². The molecule has 3 rings (SSSR count). The van der Waals surface area contributed by atoms with Crippen molar-refractivity contribution in [3.05, 3.63) is 43.5 Å². The maximum Gasteiger partial charge on any atom is 0.237 e. The Hall–Kier alpha value is -1.07. The summed E-state index contributed by atoms with van der Waals surface area (Å²) >= 11 is 3.30. The molecule has 0 unspecified atom stereocenters. The first-order chi connectivity index (χ1) is 10.3. The monoisotopic (exact) mass is 320 g/mol. The van der Waals surface area contributed by atoms with Gasteiger partial charge in [-0.15, -0.1) is 29.7 Å². The quantitative estimate of drug-likeness (QED) is 0.624. The standard InChI is InChI=1S/C16H20N2OS2/c1-3-9-18-11-7-5-6-8-12(11)21-15-13(18)14(19)16(17-15)20-10-4-2/h3H,1,4-10H2,2H3. The van der Waals surface area contributed by atoms with Gasteiger partial charge in [0.1, 0.15) is 15.0 Å². The summed E-state index contributed by atoms with van der Waals surface area (Å²) in [4.78, 5) is 18.7. The lowest BCUT2D eigenvalue weighted by Gasteiger charge is -2.20. The Morgan fingerprint density at radius 2 is 2.24 bits per heavy atom. The van der Waals surface area contributed by atoms with Crippen LogP contribution in [-0.2, 0) is 19.4 Å². The molecule has 0 aromatic carbocycles. The summed E-state index contributed by atoms with van der Waals surface area (Å²) in [7, 11) is 0. The Labute approximate surface area is 132 Å². The number of allylic oxidation sites excluding steroid dienone is 1. The van der Waals surface area contributed by atoms with Gasteiger partial charge in [0.25, 0.3) is 0 Å². The summed E-state index contributed by atoms with van der Waals surface area (Å²) in [6.45, 7) is 6.68. The van der Waals surface area contributed by atoms with Crippen molar-refractivity contribution in [2.24, 2.45) is 0 Å². The number of fused-ring (bicyclic) bond motifs is 1. The lowest BCUT2D eigenvalue weighted by Crippen LogP contribution is -2.17. The first-order valence-corrected chi connectivity index (χ1v) is 9.35. The molecular formula is C16H20N2OS2. The van der Waals surface area contributed by atoms with Crippen molar-refractivity contribution in [2.45, 2.75) is 50.6 Å². The zero-order chi connectivity index (χ0) is 14.8. The summed E-state index contributed by atoms with van der Waals surface area (Å²) in [5, 5.41) is 1.46. The first kappa shape index (κ1) is 14.9. The number of aryl methyl sites for hydroxylation is 1. The Kier molecular flexibility index (Phi) is 4.50. The number of hydrogen-bond donors (Lipinski definition) is 0. The average molecular weight is 320 g/mol. The van der Waals surface area contributed by atoms with Gasteiger partial charge in [0, 0.05) is 17.1 Å². The minimum atomic E-state index is 0.106. The summed E-state index contributed by atoms with van der Waals surface area (Å²) in [5.74, 6) is 0.949. The highest BCUT2D eigenvalue weighted by molar-refractivity contribution is 7.99. The second-order valence-electron chi connectivity index (χ2n) is 5.33. The highest BCUT2D eigenvalue weighted by Gasteiger charge is 2.19. The highest BCUT2D eigenvalue weighted by Crippen LogP contribution is 2.26. The Morgan fingerprint density at radius 1 is 1.43 bits per heavy atom. The number of aromatic nitrogens is 2. The van der Waals surface area contributed by atoms with Crippen molar-refractivity contribution in [3.63, 3.8) is 0 Å². The van der Waals surface area contributed by atoms with Crippen molar-refractivity contribution in [3.8, 4) is 0 Å². The number of hydrogen-bond acceptors (Lipinski definition) is 4. The molecule has 0 saturated carbocycles. The molecule has 0 spiro atoms. The molecule has 2 heterocycles. The molecule has 2 aliphatic heterocycles. The highest BCUT2D eigenvalue weighted by atomic mass is 32.2. The molecule has 0 aromatic heterocycles. The molecule has 21 heavy (non-hydrogen) atoms. The molecule has 0 saturated heterocycles. The van der Waals surface area contributed by atoms with Crippen LogP contribution in [-0.4, -0.2) is 15.3 Å². The van der Waals surface area contributed by atoms with Gasteiger partial charge in [-0.3, -0.25) is 4.79 Å².